The summed E-state index contributed by atoms with van der Waals surface area (Å²) >= 11 is 0. The van der Waals surface area contributed by atoms with E-state index in [1.165, 1.54) is 0 Å². The van der Waals surface area contributed by atoms with Gasteiger partial charge in [-0.25, -0.2) is 0 Å². The van der Waals surface area contributed by atoms with Gasteiger partial charge in [0.2, 0.25) is 0 Å². The summed E-state index contributed by atoms with van der Waals surface area (Å²) in [5.74, 6) is 1.88. The van der Waals surface area contributed by atoms with E-state index in [1.807, 2.05) is 18.2 Å². The van der Waals surface area contributed by atoms with Gasteiger partial charge in [-0.2, -0.15) is 0 Å². The molecular formula is C18H32O2P2. The van der Waals surface area contributed by atoms with Crippen molar-refractivity contribution >= 4 is 16.3 Å². The summed E-state index contributed by atoms with van der Waals surface area (Å²) in [7, 11) is -0.926. The molecule has 1 aromatic rings. The van der Waals surface area contributed by atoms with Crippen molar-refractivity contribution in [2.24, 2.45) is 0 Å². The third kappa shape index (κ3) is 6.05. The summed E-state index contributed by atoms with van der Waals surface area (Å²) in [6.07, 6.45) is 0. The summed E-state index contributed by atoms with van der Waals surface area (Å²) in [4.78, 5) is 0. The van der Waals surface area contributed by atoms with Gasteiger partial charge >= 0.3 is 0 Å². The Labute approximate surface area is 139 Å². The van der Waals surface area contributed by atoms with Crippen LogP contribution in [0.2, 0.25) is 0 Å². The van der Waals surface area contributed by atoms with Crippen molar-refractivity contribution in [1.82, 2.24) is 0 Å². The fourth-order valence-electron chi connectivity index (χ4n) is 2.45. The normalized spacial score (nSPS) is 12.3. The van der Waals surface area contributed by atoms with Crippen LogP contribution in [0, 0.1) is 0 Å². The largest absolute Gasteiger partial charge is 0.473 e. The Bertz CT molecular complexity index is 391. The monoisotopic (exact) mass is 342 g/mol. The molecule has 0 spiro atoms. The number of rotatable bonds is 8. The molecule has 0 aliphatic heterocycles. The predicted octanol–water partition coefficient (Wildman–Crippen LogP) is 6.87. The Morgan fingerprint density at radius 1 is 0.636 bits per heavy atom. The van der Waals surface area contributed by atoms with E-state index in [9.17, 15) is 0 Å². The highest BCUT2D eigenvalue weighted by Crippen LogP contribution is 2.50. The fourth-order valence-corrected chi connectivity index (χ4v) is 6.39. The van der Waals surface area contributed by atoms with Crippen LogP contribution in [0.25, 0.3) is 0 Å². The lowest BCUT2D eigenvalue weighted by Gasteiger charge is -2.27. The summed E-state index contributed by atoms with van der Waals surface area (Å²) in [6.45, 7) is 17.9. The van der Waals surface area contributed by atoms with Gasteiger partial charge in [0.25, 0.3) is 0 Å². The van der Waals surface area contributed by atoms with E-state index in [0.29, 0.717) is 22.6 Å². The standard InChI is InChI=1S/C18H32O2P2/c1-13(2)21(14(3)4)19-17-10-9-11-18(12-17)20-22(15(5)6)16(7)8/h9-16H,1-8H3. The smallest absolute Gasteiger partial charge is 0.127 e. The molecule has 126 valence electrons. The molecule has 1 rings (SSSR count). The van der Waals surface area contributed by atoms with Gasteiger partial charge in [0.05, 0.1) is 16.3 Å². The topological polar surface area (TPSA) is 18.5 Å². The fraction of sp³-hybridized carbons (Fsp3) is 0.667. The molecule has 0 atom stereocenters. The zero-order valence-electron chi connectivity index (χ0n) is 15.3. The van der Waals surface area contributed by atoms with Crippen molar-refractivity contribution < 1.29 is 9.05 Å². The molecule has 0 unspecified atom stereocenters. The average Bonchev–Trinajstić information content (AvgIpc) is 2.41. The van der Waals surface area contributed by atoms with Gasteiger partial charge in [-0.1, -0.05) is 61.5 Å². The number of hydrogen-bond acceptors (Lipinski definition) is 2. The zero-order valence-corrected chi connectivity index (χ0v) is 17.1. The molecule has 22 heavy (non-hydrogen) atoms. The minimum atomic E-state index is -0.463. The van der Waals surface area contributed by atoms with Crippen molar-refractivity contribution in [3.05, 3.63) is 24.3 Å². The van der Waals surface area contributed by atoms with E-state index in [1.54, 1.807) is 0 Å². The highest BCUT2D eigenvalue weighted by Gasteiger charge is 2.22. The van der Waals surface area contributed by atoms with Crippen LogP contribution in [0.1, 0.15) is 55.4 Å². The lowest BCUT2D eigenvalue weighted by atomic mass is 10.3. The Balaban J connectivity index is 2.85. The molecule has 4 heteroatoms. The van der Waals surface area contributed by atoms with Gasteiger partial charge in [-0.3, -0.25) is 0 Å². The minimum Gasteiger partial charge on any atom is -0.473 e. The molecule has 2 nitrogen and oxygen atoms in total. The molecule has 0 aromatic heterocycles. The van der Waals surface area contributed by atoms with E-state index in [4.69, 9.17) is 9.05 Å². The quantitative estimate of drug-likeness (QED) is 0.480. The molecule has 0 aliphatic carbocycles. The highest BCUT2D eigenvalue weighted by atomic mass is 31.1. The van der Waals surface area contributed by atoms with Crippen molar-refractivity contribution in [3.63, 3.8) is 0 Å². The van der Waals surface area contributed by atoms with Gasteiger partial charge in [0.15, 0.2) is 0 Å². The van der Waals surface area contributed by atoms with Gasteiger partial charge < -0.3 is 9.05 Å². The van der Waals surface area contributed by atoms with E-state index in [-0.39, 0.29) is 0 Å². The number of benzene rings is 1. The van der Waals surface area contributed by atoms with Gasteiger partial charge in [0, 0.05) is 28.7 Å². The van der Waals surface area contributed by atoms with E-state index >= 15 is 0 Å². The van der Waals surface area contributed by atoms with Gasteiger partial charge in [-0.05, 0) is 12.1 Å². The minimum absolute atomic E-state index is 0.463. The molecule has 0 N–H and O–H groups in total. The maximum Gasteiger partial charge on any atom is 0.127 e. The van der Waals surface area contributed by atoms with Crippen LogP contribution in [-0.4, -0.2) is 22.6 Å². The molecular weight excluding hydrogens is 310 g/mol. The van der Waals surface area contributed by atoms with Gasteiger partial charge in [0.1, 0.15) is 11.5 Å². The third-order valence-corrected chi connectivity index (χ3v) is 8.18. The Morgan fingerprint density at radius 2 is 0.955 bits per heavy atom. The second-order valence-electron chi connectivity index (χ2n) is 6.75. The van der Waals surface area contributed by atoms with Crippen LogP contribution in [0.15, 0.2) is 24.3 Å². The second-order valence-corrected chi connectivity index (χ2v) is 12.7. The molecule has 0 fully saturated rings. The first-order valence-electron chi connectivity index (χ1n) is 8.25. The average molecular weight is 342 g/mol. The predicted molar refractivity (Wildman–Crippen MR) is 102 cm³/mol. The number of hydrogen-bond donors (Lipinski definition) is 0. The molecule has 0 saturated heterocycles. The molecule has 0 saturated carbocycles. The molecule has 0 radical (unpaired) electrons. The Kier molecular flexibility index (Phi) is 8.15. The SMILES string of the molecule is CC(C)P(Oc1cccc(OP(C(C)C)C(C)C)c1)C(C)C. The summed E-state index contributed by atoms with van der Waals surface area (Å²) < 4.78 is 12.5. The van der Waals surface area contributed by atoms with Crippen LogP contribution < -0.4 is 9.05 Å². The molecule has 1 aromatic carbocycles. The first-order valence-corrected chi connectivity index (χ1v) is 11.0. The van der Waals surface area contributed by atoms with E-state index in [2.05, 4.69) is 61.5 Å². The van der Waals surface area contributed by atoms with E-state index in [0.717, 1.165) is 11.5 Å². The molecule has 0 bridgehead atoms. The maximum absolute atomic E-state index is 6.27. The van der Waals surface area contributed by atoms with Crippen LogP contribution in [0.5, 0.6) is 11.5 Å². The third-order valence-electron chi connectivity index (χ3n) is 3.26. The maximum atomic E-state index is 6.27. The van der Waals surface area contributed by atoms with Crippen LogP contribution >= 0.6 is 16.3 Å². The first-order chi connectivity index (χ1) is 10.2. The van der Waals surface area contributed by atoms with Crippen molar-refractivity contribution in [3.8, 4) is 11.5 Å². The molecule has 0 heterocycles. The lowest BCUT2D eigenvalue weighted by Crippen LogP contribution is -2.09. The molecule has 0 aliphatic rings. The molecule has 0 amide bonds. The van der Waals surface area contributed by atoms with Crippen molar-refractivity contribution in [2.75, 3.05) is 0 Å². The van der Waals surface area contributed by atoms with Crippen LogP contribution in [0.3, 0.4) is 0 Å². The summed E-state index contributed by atoms with van der Waals surface area (Å²) in [5, 5.41) is 0. The first kappa shape index (κ1) is 19.7. The zero-order chi connectivity index (χ0) is 16.9. The Hall–Kier alpha value is -0.320. The highest BCUT2D eigenvalue weighted by molar-refractivity contribution is 7.54. The van der Waals surface area contributed by atoms with Crippen molar-refractivity contribution in [1.29, 1.82) is 0 Å². The second kappa shape index (κ2) is 9.09. The van der Waals surface area contributed by atoms with Crippen LogP contribution in [-0.2, 0) is 0 Å². The summed E-state index contributed by atoms with van der Waals surface area (Å²) in [5.41, 5.74) is 2.23. The lowest BCUT2D eigenvalue weighted by molar-refractivity contribution is 0.568. The summed E-state index contributed by atoms with van der Waals surface area (Å²) in [6, 6.07) is 8.17. The Morgan fingerprint density at radius 3 is 1.23 bits per heavy atom. The van der Waals surface area contributed by atoms with E-state index < -0.39 is 16.3 Å². The van der Waals surface area contributed by atoms with Crippen molar-refractivity contribution in [2.45, 2.75) is 78.0 Å². The van der Waals surface area contributed by atoms with Crippen LogP contribution in [0.4, 0.5) is 0 Å². The van der Waals surface area contributed by atoms with Gasteiger partial charge in [-0.15, -0.1) is 0 Å².